The van der Waals surface area contributed by atoms with Crippen molar-refractivity contribution in [2.24, 2.45) is 0 Å². The molecule has 0 aliphatic heterocycles. The van der Waals surface area contributed by atoms with Crippen LogP contribution in [0.2, 0.25) is 0 Å². The van der Waals surface area contributed by atoms with Crippen molar-refractivity contribution >= 4 is 21.2 Å². The maximum atomic E-state index is 14.2. The van der Waals surface area contributed by atoms with Crippen LogP contribution in [0, 0.1) is 18.6 Å². The highest BCUT2D eigenvalue weighted by molar-refractivity contribution is 7.90. The van der Waals surface area contributed by atoms with E-state index in [0.29, 0.717) is 5.69 Å². The maximum Gasteiger partial charge on any atom is 0.181 e. The molecule has 1 aromatic carbocycles. The molecule has 25 heavy (non-hydrogen) atoms. The first-order chi connectivity index (χ1) is 11.7. The smallest absolute Gasteiger partial charge is 0.181 e. The first-order valence-electron chi connectivity index (χ1n) is 6.93. The van der Waals surface area contributed by atoms with Crippen molar-refractivity contribution in [1.82, 2.24) is 10.1 Å². The third-order valence-corrected chi connectivity index (χ3v) is 5.33. The predicted molar refractivity (Wildman–Crippen MR) is 86.7 cm³/mol. The number of sulfone groups is 1. The number of hydrogen-bond donors (Lipinski definition) is 1. The molecule has 0 aliphatic carbocycles. The summed E-state index contributed by atoms with van der Waals surface area (Å²) in [6.07, 6.45) is 0.718. The fraction of sp³-hybridized carbons (Fsp3) is 0.200. The van der Waals surface area contributed by atoms with Gasteiger partial charge in [0.1, 0.15) is 34.5 Å². The summed E-state index contributed by atoms with van der Waals surface area (Å²) in [7, 11) is -4.07. The summed E-state index contributed by atoms with van der Waals surface area (Å²) in [5, 5.41) is 15.7. The van der Waals surface area contributed by atoms with Crippen molar-refractivity contribution in [2.45, 2.75) is 18.4 Å². The van der Waals surface area contributed by atoms with Crippen LogP contribution in [0.4, 0.5) is 8.78 Å². The second kappa shape index (κ2) is 6.28. The standard InChI is InChI=1S/C15H12F2N2O4S2/c1-7-18-11(6-24-7)14-13(12(5-20)23-19-14)8-3-9(16)15(10(17)4-8)25(2,21)22/h3-4,6,20H,5H2,1-2H3. The summed E-state index contributed by atoms with van der Waals surface area (Å²) in [6.45, 7) is 1.23. The minimum Gasteiger partial charge on any atom is -0.388 e. The summed E-state index contributed by atoms with van der Waals surface area (Å²) in [6, 6.07) is 1.74. The van der Waals surface area contributed by atoms with E-state index < -0.39 is 33.0 Å². The molecule has 2 heterocycles. The third-order valence-electron chi connectivity index (χ3n) is 3.43. The normalized spacial score (nSPS) is 11.9. The molecule has 6 nitrogen and oxygen atoms in total. The number of nitrogens with zero attached hydrogens (tertiary/aromatic N) is 2. The van der Waals surface area contributed by atoms with Gasteiger partial charge in [-0.15, -0.1) is 11.3 Å². The number of halogens is 2. The van der Waals surface area contributed by atoms with E-state index in [1.54, 1.807) is 12.3 Å². The van der Waals surface area contributed by atoms with Gasteiger partial charge in [-0.2, -0.15) is 0 Å². The Balaban J connectivity index is 2.25. The molecule has 0 atom stereocenters. The number of aliphatic hydroxyl groups is 1. The SMILES string of the molecule is Cc1nc(-c2noc(CO)c2-c2cc(F)c(S(C)(=O)=O)c(F)c2)cs1. The molecule has 10 heteroatoms. The number of hydrogen-bond acceptors (Lipinski definition) is 7. The first kappa shape index (κ1) is 17.6. The minimum absolute atomic E-state index is 0.00615. The van der Waals surface area contributed by atoms with E-state index in [0.717, 1.165) is 23.4 Å². The van der Waals surface area contributed by atoms with Crippen molar-refractivity contribution < 1.29 is 26.8 Å². The van der Waals surface area contributed by atoms with E-state index in [1.165, 1.54) is 11.3 Å². The van der Waals surface area contributed by atoms with Gasteiger partial charge in [-0.3, -0.25) is 0 Å². The van der Waals surface area contributed by atoms with Gasteiger partial charge in [-0.05, 0) is 24.6 Å². The van der Waals surface area contributed by atoms with Crippen molar-refractivity contribution in [3.05, 3.63) is 39.9 Å². The molecule has 1 N–H and O–H groups in total. The molecule has 0 bridgehead atoms. The second-order valence-corrected chi connectivity index (χ2v) is 8.30. The van der Waals surface area contributed by atoms with Crippen LogP contribution in [-0.2, 0) is 16.4 Å². The van der Waals surface area contributed by atoms with Gasteiger partial charge in [0.05, 0.1) is 10.6 Å². The Labute approximate surface area is 145 Å². The summed E-state index contributed by atoms with van der Waals surface area (Å²) >= 11 is 1.35. The van der Waals surface area contributed by atoms with Gasteiger partial charge in [-0.25, -0.2) is 22.2 Å². The van der Waals surface area contributed by atoms with Gasteiger partial charge >= 0.3 is 0 Å². The number of aryl methyl sites for hydroxylation is 1. The van der Waals surface area contributed by atoms with Gasteiger partial charge in [-0.1, -0.05) is 5.16 Å². The molecule has 0 radical (unpaired) electrons. The predicted octanol–water partition coefficient (Wildman–Crippen LogP) is 2.95. The van der Waals surface area contributed by atoms with Gasteiger partial charge < -0.3 is 9.63 Å². The van der Waals surface area contributed by atoms with E-state index in [1.807, 2.05) is 0 Å². The fourth-order valence-electron chi connectivity index (χ4n) is 2.44. The van der Waals surface area contributed by atoms with Crippen molar-refractivity contribution in [2.75, 3.05) is 6.26 Å². The molecule has 0 amide bonds. The van der Waals surface area contributed by atoms with E-state index in [4.69, 9.17) is 4.52 Å². The summed E-state index contributed by atoms with van der Waals surface area (Å²) in [4.78, 5) is 3.24. The lowest BCUT2D eigenvalue weighted by molar-refractivity contribution is 0.230. The quantitative estimate of drug-likeness (QED) is 0.741. The van der Waals surface area contributed by atoms with Gasteiger partial charge in [0, 0.05) is 11.6 Å². The Morgan fingerprint density at radius 3 is 2.40 bits per heavy atom. The monoisotopic (exact) mass is 386 g/mol. The van der Waals surface area contributed by atoms with Crippen molar-refractivity contribution in [1.29, 1.82) is 0 Å². The second-order valence-electron chi connectivity index (χ2n) is 5.28. The zero-order valence-electron chi connectivity index (χ0n) is 13.1. The lowest BCUT2D eigenvalue weighted by Crippen LogP contribution is -2.05. The van der Waals surface area contributed by atoms with E-state index in [-0.39, 0.29) is 22.6 Å². The molecule has 3 aromatic rings. The third kappa shape index (κ3) is 3.20. The van der Waals surface area contributed by atoms with Gasteiger partial charge in [0.25, 0.3) is 0 Å². The molecule has 0 saturated heterocycles. The minimum atomic E-state index is -4.07. The summed E-state index contributed by atoms with van der Waals surface area (Å²) in [5.74, 6) is -2.47. The molecule has 0 aliphatic rings. The Morgan fingerprint density at radius 1 is 1.28 bits per heavy atom. The van der Waals surface area contributed by atoms with Gasteiger partial charge in [0.15, 0.2) is 15.6 Å². The van der Waals surface area contributed by atoms with E-state index in [2.05, 4.69) is 10.1 Å². The lowest BCUT2D eigenvalue weighted by Gasteiger charge is -2.07. The Kier molecular flexibility index (Phi) is 4.43. The summed E-state index contributed by atoms with van der Waals surface area (Å²) in [5.41, 5.74) is 0.785. The number of aliphatic hydroxyl groups excluding tert-OH is 1. The number of rotatable bonds is 4. The molecular weight excluding hydrogens is 374 g/mol. The average Bonchev–Trinajstić information content (AvgIpc) is 3.10. The largest absolute Gasteiger partial charge is 0.388 e. The van der Waals surface area contributed by atoms with Crippen LogP contribution in [0.15, 0.2) is 26.9 Å². The first-order valence-corrected chi connectivity index (χ1v) is 9.71. The Hall–Kier alpha value is -2.17. The topological polar surface area (TPSA) is 93.3 Å². The van der Waals surface area contributed by atoms with Crippen LogP contribution in [0.5, 0.6) is 0 Å². The Bertz CT molecular complexity index is 1030. The van der Waals surface area contributed by atoms with Crippen molar-refractivity contribution in [3.8, 4) is 22.5 Å². The molecule has 3 rings (SSSR count). The molecule has 0 fully saturated rings. The highest BCUT2D eigenvalue weighted by Gasteiger charge is 2.25. The van der Waals surface area contributed by atoms with Crippen LogP contribution in [0.3, 0.4) is 0 Å². The molecule has 2 aromatic heterocycles. The zero-order chi connectivity index (χ0) is 18.4. The van der Waals surface area contributed by atoms with Crippen LogP contribution >= 0.6 is 11.3 Å². The molecule has 0 unspecified atom stereocenters. The Morgan fingerprint density at radius 2 is 1.92 bits per heavy atom. The highest BCUT2D eigenvalue weighted by atomic mass is 32.2. The highest BCUT2D eigenvalue weighted by Crippen LogP contribution is 2.37. The maximum absolute atomic E-state index is 14.2. The van der Waals surface area contributed by atoms with Crippen LogP contribution < -0.4 is 0 Å². The van der Waals surface area contributed by atoms with Crippen LogP contribution in [0.25, 0.3) is 22.5 Å². The lowest BCUT2D eigenvalue weighted by atomic mass is 10.0. The fourth-order valence-corrected chi connectivity index (χ4v) is 3.86. The molecule has 132 valence electrons. The number of thiazole rings is 1. The van der Waals surface area contributed by atoms with Crippen LogP contribution in [-0.4, -0.2) is 29.9 Å². The summed E-state index contributed by atoms with van der Waals surface area (Å²) < 4.78 is 56.5. The van der Waals surface area contributed by atoms with Crippen LogP contribution in [0.1, 0.15) is 10.8 Å². The molecule has 0 spiro atoms. The van der Waals surface area contributed by atoms with E-state index >= 15 is 0 Å². The number of benzene rings is 1. The van der Waals surface area contributed by atoms with E-state index in [9.17, 15) is 22.3 Å². The molecular formula is C15H12F2N2O4S2. The average molecular weight is 386 g/mol. The van der Waals surface area contributed by atoms with Crippen molar-refractivity contribution in [3.63, 3.8) is 0 Å². The van der Waals surface area contributed by atoms with Gasteiger partial charge in [0.2, 0.25) is 0 Å². The number of aromatic nitrogens is 2. The molecule has 0 saturated carbocycles. The zero-order valence-corrected chi connectivity index (χ0v) is 14.7.